The van der Waals surface area contributed by atoms with Crippen LogP contribution in [0.15, 0.2) is 175 Å². The first kappa shape index (κ1) is 32.3. The van der Waals surface area contributed by atoms with Crippen LogP contribution in [0.4, 0.5) is 0 Å². The maximum Gasteiger partial charge on any atom is 0.160 e. The molecule has 0 saturated carbocycles. The van der Waals surface area contributed by atoms with Gasteiger partial charge in [0.25, 0.3) is 0 Å². The number of nitrogens with zero attached hydrogens (tertiary/aromatic N) is 2. The van der Waals surface area contributed by atoms with Gasteiger partial charge in [0.15, 0.2) is 5.82 Å². The van der Waals surface area contributed by atoms with Crippen LogP contribution in [0.5, 0.6) is 0 Å². The number of allylic oxidation sites excluding steroid dienone is 5. The first-order valence-electron chi connectivity index (χ1n) is 18.1. The molecule has 0 fully saturated rings. The molecule has 0 saturated heterocycles. The largest absolute Gasteiger partial charge is 0.456 e. The van der Waals surface area contributed by atoms with Gasteiger partial charge in [-0.1, -0.05) is 148 Å². The number of aromatic nitrogens is 2. The van der Waals surface area contributed by atoms with E-state index in [1.165, 1.54) is 33.4 Å². The van der Waals surface area contributed by atoms with Crippen molar-refractivity contribution in [3.05, 3.63) is 193 Å². The van der Waals surface area contributed by atoms with E-state index in [2.05, 4.69) is 143 Å². The molecule has 1 aliphatic carbocycles. The molecule has 53 heavy (non-hydrogen) atoms. The van der Waals surface area contributed by atoms with Gasteiger partial charge in [0.05, 0.1) is 11.4 Å². The normalized spacial score (nSPS) is 13.6. The highest BCUT2D eigenvalue weighted by atomic mass is 16.3. The number of hydrogen-bond acceptors (Lipinski definition) is 3. The summed E-state index contributed by atoms with van der Waals surface area (Å²) in [5.41, 5.74) is 16.3. The summed E-state index contributed by atoms with van der Waals surface area (Å²) in [7, 11) is 0. The Bertz CT molecular complexity index is 2760. The van der Waals surface area contributed by atoms with E-state index < -0.39 is 0 Å². The minimum absolute atomic E-state index is 0.0450. The molecule has 6 aromatic carbocycles. The molecule has 0 atom stereocenters. The first-order chi connectivity index (χ1) is 25.9. The number of benzene rings is 6. The molecule has 8 aromatic rings. The highest BCUT2D eigenvalue weighted by Crippen LogP contribution is 2.49. The molecule has 0 bridgehead atoms. The average Bonchev–Trinajstić information content (AvgIpc) is 3.70. The van der Waals surface area contributed by atoms with Crippen molar-refractivity contribution < 1.29 is 4.42 Å². The molecule has 3 nitrogen and oxygen atoms in total. The Hall–Kier alpha value is -6.58. The van der Waals surface area contributed by atoms with Gasteiger partial charge in [0, 0.05) is 32.9 Å². The van der Waals surface area contributed by atoms with Crippen LogP contribution >= 0.6 is 0 Å². The minimum atomic E-state index is -0.0450. The van der Waals surface area contributed by atoms with Crippen LogP contribution in [0.25, 0.3) is 77.9 Å². The van der Waals surface area contributed by atoms with Crippen LogP contribution in [0.3, 0.4) is 0 Å². The van der Waals surface area contributed by atoms with Crippen molar-refractivity contribution in [3.63, 3.8) is 0 Å². The fraction of sp³-hybridized carbons (Fsp3) is 0.0800. The van der Waals surface area contributed by atoms with Crippen LogP contribution in [-0.4, -0.2) is 9.97 Å². The lowest BCUT2D eigenvalue weighted by molar-refractivity contribution is 0.660. The second kappa shape index (κ2) is 12.9. The van der Waals surface area contributed by atoms with Crippen LogP contribution in [0.1, 0.15) is 43.3 Å². The molecule has 3 heteroatoms. The standard InChI is InChI=1S/C50H38N2O/c1-5-32(37-25-27-48-42(29-37)41-17-11-13-19-47(41)53-48)28-33(6-2)49-51-45(35-14-8-7-9-15-35)31-46(52-49)36-22-20-34(21-23-36)38-24-26-40-39-16-10-12-18-43(39)50(3,4)44(40)30-38/h5-31H,2H2,1,3-4H3/b32-5+,33-28+. The summed E-state index contributed by atoms with van der Waals surface area (Å²) in [6, 6.07) is 51.3. The number of para-hydroxylation sites is 1. The van der Waals surface area contributed by atoms with Gasteiger partial charge in [-0.05, 0) is 87.8 Å². The Morgan fingerprint density at radius 3 is 1.98 bits per heavy atom. The molecule has 2 aromatic heterocycles. The van der Waals surface area contributed by atoms with Crippen molar-refractivity contribution in [1.82, 2.24) is 9.97 Å². The van der Waals surface area contributed by atoms with Gasteiger partial charge in [-0.2, -0.15) is 0 Å². The lowest BCUT2D eigenvalue weighted by Gasteiger charge is -2.22. The van der Waals surface area contributed by atoms with Gasteiger partial charge in [0.1, 0.15) is 11.2 Å². The molecule has 2 heterocycles. The Kier molecular flexibility index (Phi) is 7.86. The Labute approximate surface area is 310 Å². The minimum Gasteiger partial charge on any atom is -0.456 e. The summed E-state index contributed by atoms with van der Waals surface area (Å²) in [5, 5.41) is 2.20. The van der Waals surface area contributed by atoms with Gasteiger partial charge in [-0.15, -0.1) is 0 Å². The highest BCUT2D eigenvalue weighted by Gasteiger charge is 2.35. The van der Waals surface area contributed by atoms with Crippen molar-refractivity contribution in [1.29, 1.82) is 0 Å². The summed E-state index contributed by atoms with van der Waals surface area (Å²) in [6.45, 7) is 10.9. The number of rotatable bonds is 7. The quantitative estimate of drug-likeness (QED) is 0.157. The van der Waals surface area contributed by atoms with Crippen molar-refractivity contribution in [2.24, 2.45) is 0 Å². The summed E-state index contributed by atoms with van der Waals surface area (Å²) >= 11 is 0. The van der Waals surface area contributed by atoms with Gasteiger partial charge in [-0.3, -0.25) is 0 Å². The van der Waals surface area contributed by atoms with Crippen LogP contribution in [0, 0.1) is 0 Å². The third-order valence-corrected chi connectivity index (χ3v) is 10.7. The van der Waals surface area contributed by atoms with E-state index in [-0.39, 0.29) is 5.41 Å². The second-order valence-electron chi connectivity index (χ2n) is 14.2. The van der Waals surface area contributed by atoms with Gasteiger partial charge in [-0.25, -0.2) is 9.97 Å². The van der Waals surface area contributed by atoms with Gasteiger partial charge in [0.2, 0.25) is 0 Å². The third-order valence-electron chi connectivity index (χ3n) is 10.7. The predicted molar refractivity (Wildman–Crippen MR) is 221 cm³/mol. The Balaban J connectivity index is 1.09. The predicted octanol–water partition coefficient (Wildman–Crippen LogP) is 13.4. The van der Waals surface area contributed by atoms with Crippen molar-refractivity contribution in [2.75, 3.05) is 0 Å². The average molecular weight is 683 g/mol. The first-order valence-corrected chi connectivity index (χ1v) is 18.1. The summed E-state index contributed by atoms with van der Waals surface area (Å²) in [4.78, 5) is 10.3. The van der Waals surface area contributed by atoms with E-state index in [0.717, 1.165) is 61.2 Å². The van der Waals surface area contributed by atoms with E-state index in [0.29, 0.717) is 5.82 Å². The topological polar surface area (TPSA) is 38.9 Å². The molecule has 9 rings (SSSR count). The zero-order chi connectivity index (χ0) is 36.1. The molecule has 0 amide bonds. The van der Waals surface area contributed by atoms with Crippen molar-refractivity contribution >= 4 is 33.1 Å². The number of hydrogen-bond donors (Lipinski definition) is 0. The maximum atomic E-state index is 6.10. The monoisotopic (exact) mass is 682 g/mol. The highest BCUT2D eigenvalue weighted by molar-refractivity contribution is 6.06. The van der Waals surface area contributed by atoms with E-state index in [9.17, 15) is 0 Å². The fourth-order valence-corrected chi connectivity index (χ4v) is 7.82. The van der Waals surface area contributed by atoms with E-state index in [4.69, 9.17) is 14.4 Å². The molecule has 0 aliphatic heterocycles. The Morgan fingerprint density at radius 2 is 1.21 bits per heavy atom. The lowest BCUT2D eigenvalue weighted by Crippen LogP contribution is -2.14. The summed E-state index contributed by atoms with van der Waals surface area (Å²) in [5.74, 6) is 0.620. The van der Waals surface area contributed by atoms with Gasteiger partial charge >= 0.3 is 0 Å². The van der Waals surface area contributed by atoms with E-state index in [1.807, 2.05) is 48.5 Å². The summed E-state index contributed by atoms with van der Waals surface area (Å²) in [6.07, 6.45) is 6.09. The van der Waals surface area contributed by atoms with E-state index >= 15 is 0 Å². The molecule has 0 radical (unpaired) electrons. The SMILES string of the molecule is C=C/C(=C\C(=C/C)c1ccc2oc3ccccc3c2c1)c1nc(-c2ccccc2)cc(-c2ccc(-c3ccc4c(c3)C(C)(C)c3ccccc3-4)cc2)n1. The van der Waals surface area contributed by atoms with Crippen LogP contribution in [0.2, 0.25) is 0 Å². The van der Waals surface area contributed by atoms with Crippen molar-refractivity contribution in [2.45, 2.75) is 26.2 Å². The van der Waals surface area contributed by atoms with E-state index in [1.54, 1.807) is 0 Å². The Morgan fingerprint density at radius 1 is 0.566 bits per heavy atom. The molecular formula is C50H38N2O. The van der Waals surface area contributed by atoms with Crippen LogP contribution < -0.4 is 0 Å². The number of fused-ring (bicyclic) bond motifs is 6. The summed E-state index contributed by atoms with van der Waals surface area (Å²) < 4.78 is 6.10. The zero-order valence-corrected chi connectivity index (χ0v) is 30.1. The molecule has 254 valence electrons. The zero-order valence-electron chi connectivity index (χ0n) is 30.1. The van der Waals surface area contributed by atoms with Crippen molar-refractivity contribution in [3.8, 4) is 44.8 Å². The number of furan rings is 1. The maximum absolute atomic E-state index is 6.10. The smallest absolute Gasteiger partial charge is 0.160 e. The molecule has 1 aliphatic rings. The molecule has 0 N–H and O–H groups in total. The lowest BCUT2D eigenvalue weighted by atomic mass is 9.81. The molecule has 0 spiro atoms. The van der Waals surface area contributed by atoms with Gasteiger partial charge < -0.3 is 4.42 Å². The van der Waals surface area contributed by atoms with Crippen LogP contribution in [-0.2, 0) is 5.41 Å². The molecule has 0 unspecified atom stereocenters. The fourth-order valence-electron chi connectivity index (χ4n) is 7.82. The molecular weight excluding hydrogens is 645 g/mol. The second-order valence-corrected chi connectivity index (χ2v) is 14.2. The third kappa shape index (κ3) is 5.62.